The zero-order valence-corrected chi connectivity index (χ0v) is 10.2. The number of halogens is 2. The number of nitrogens with zero attached hydrogens (tertiary/aromatic N) is 2. The van der Waals surface area contributed by atoms with Gasteiger partial charge in [0.2, 0.25) is 5.13 Å². The van der Waals surface area contributed by atoms with Crippen molar-refractivity contribution in [2.75, 3.05) is 5.32 Å². The lowest BCUT2D eigenvalue weighted by Crippen LogP contribution is -2.30. The van der Waals surface area contributed by atoms with Gasteiger partial charge in [0.15, 0.2) is 5.01 Å². The quantitative estimate of drug-likeness (QED) is 0.826. The van der Waals surface area contributed by atoms with Crippen LogP contribution in [0.3, 0.4) is 0 Å². The molecule has 0 unspecified atom stereocenters. The summed E-state index contributed by atoms with van der Waals surface area (Å²) in [6, 6.07) is -0.839. The van der Waals surface area contributed by atoms with E-state index in [1.807, 2.05) is 13.8 Å². The SMILES string of the molecule is CC(C)C[C@H](Nc1nnc(C(F)F)s1)C(=O)O. The summed E-state index contributed by atoms with van der Waals surface area (Å²) in [5.41, 5.74) is 0. The first-order valence-corrected chi connectivity index (χ1v) is 5.82. The zero-order chi connectivity index (χ0) is 13.0. The van der Waals surface area contributed by atoms with Gasteiger partial charge in [-0.15, -0.1) is 10.2 Å². The van der Waals surface area contributed by atoms with E-state index in [1.165, 1.54) is 0 Å². The van der Waals surface area contributed by atoms with Crippen molar-refractivity contribution in [3.8, 4) is 0 Å². The number of alkyl halides is 2. The Balaban J connectivity index is 2.68. The van der Waals surface area contributed by atoms with Gasteiger partial charge in [-0.25, -0.2) is 13.6 Å². The van der Waals surface area contributed by atoms with Crippen molar-refractivity contribution in [2.45, 2.75) is 32.7 Å². The first-order chi connectivity index (χ1) is 7.90. The van der Waals surface area contributed by atoms with E-state index in [2.05, 4.69) is 15.5 Å². The Morgan fingerprint density at radius 2 is 2.12 bits per heavy atom. The predicted octanol–water partition coefficient (Wildman–Crippen LogP) is 2.39. The second-order valence-electron chi connectivity index (χ2n) is 3.91. The molecule has 0 spiro atoms. The summed E-state index contributed by atoms with van der Waals surface area (Å²) in [5.74, 6) is -0.862. The summed E-state index contributed by atoms with van der Waals surface area (Å²) < 4.78 is 24.5. The fourth-order valence-electron chi connectivity index (χ4n) is 1.22. The second-order valence-corrected chi connectivity index (χ2v) is 4.92. The molecular weight excluding hydrogens is 252 g/mol. The van der Waals surface area contributed by atoms with E-state index in [0.29, 0.717) is 17.8 Å². The zero-order valence-electron chi connectivity index (χ0n) is 9.35. The normalized spacial score (nSPS) is 13.1. The molecule has 0 fully saturated rings. The number of anilines is 1. The molecule has 1 atom stereocenters. The van der Waals surface area contributed by atoms with E-state index in [0.717, 1.165) is 0 Å². The molecule has 1 heterocycles. The highest BCUT2D eigenvalue weighted by Crippen LogP contribution is 2.26. The van der Waals surface area contributed by atoms with Crippen LogP contribution in [0.15, 0.2) is 0 Å². The van der Waals surface area contributed by atoms with Crippen molar-refractivity contribution in [3.05, 3.63) is 5.01 Å². The molecule has 1 rings (SSSR count). The van der Waals surface area contributed by atoms with Crippen LogP contribution in [-0.4, -0.2) is 27.3 Å². The number of hydrogen-bond donors (Lipinski definition) is 2. The van der Waals surface area contributed by atoms with Gasteiger partial charge in [0.05, 0.1) is 0 Å². The minimum Gasteiger partial charge on any atom is -0.480 e. The van der Waals surface area contributed by atoms with Crippen LogP contribution in [0.25, 0.3) is 0 Å². The minimum absolute atomic E-state index is 0.105. The molecule has 0 aliphatic heterocycles. The van der Waals surface area contributed by atoms with Crippen molar-refractivity contribution >= 4 is 22.4 Å². The highest BCUT2D eigenvalue weighted by Gasteiger charge is 2.21. The summed E-state index contributed by atoms with van der Waals surface area (Å²) >= 11 is 0.667. The number of carboxylic acid groups (broad SMARTS) is 1. The summed E-state index contributed by atoms with van der Waals surface area (Å²) in [7, 11) is 0. The average Bonchev–Trinajstić information content (AvgIpc) is 2.64. The molecule has 8 heteroatoms. The highest BCUT2D eigenvalue weighted by atomic mass is 32.1. The summed E-state index contributed by atoms with van der Waals surface area (Å²) in [6.07, 6.45) is -2.30. The van der Waals surface area contributed by atoms with Gasteiger partial charge in [0.25, 0.3) is 6.43 Å². The Morgan fingerprint density at radius 3 is 2.53 bits per heavy atom. The number of aromatic nitrogens is 2. The number of hydrogen-bond acceptors (Lipinski definition) is 5. The fourth-order valence-corrected chi connectivity index (χ4v) is 1.87. The lowest BCUT2D eigenvalue weighted by Gasteiger charge is -2.14. The van der Waals surface area contributed by atoms with E-state index < -0.39 is 23.4 Å². The first kappa shape index (κ1) is 13.8. The summed E-state index contributed by atoms with van der Waals surface area (Å²) in [6.45, 7) is 3.75. The highest BCUT2D eigenvalue weighted by molar-refractivity contribution is 7.15. The van der Waals surface area contributed by atoms with Crippen LogP contribution in [0, 0.1) is 5.92 Å². The molecule has 17 heavy (non-hydrogen) atoms. The Labute approximate surface area is 101 Å². The molecular formula is C9H13F2N3O2S. The third kappa shape index (κ3) is 4.22. The Bertz CT molecular complexity index is 384. The second kappa shape index (κ2) is 5.85. The molecule has 2 N–H and O–H groups in total. The molecule has 5 nitrogen and oxygen atoms in total. The standard InChI is InChI=1S/C9H13F2N3O2S/c1-4(2)3-5(8(15)16)12-9-14-13-7(17-9)6(10)11/h4-6H,3H2,1-2H3,(H,12,14)(H,15,16)/t5-/m0/s1. The van der Waals surface area contributed by atoms with Gasteiger partial charge < -0.3 is 10.4 Å². The maximum atomic E-state index is 12.3. The van der Waals surface area contributed by atoms with Crippen LogP contribution in [0.5, 0.6) is 0 Å². The molecule has 0 aliphatic rings. The largest absolute Gasteiger partial charge is 0.480 e. The van der Waals surface area contributed by atoms with E-state index in [1.54, 1.807) is 0 Å². The van der Waals surface area contributed by atoms with Crippen LogP contribution in [0.1, 0.15) is 31.7 Å². The summed E-state index contributed by atoms with van der Waals surface area (Å²) in [4.78, 5) is 10.9. The van der Waals surface area contributed by atoms with Gasteiger partial charge in [-0.1, -0.05) is 25.2 Å². The van der Waals surface area contributed by atoms with E-state index in [-0.39, 0.29) is 11.0 Å². The maximum absolute atomic E-state index is 12.3. The molecule has 0 bridgehead atoms. The molecule has 96 valence electrons. The van der Waals surface area contributed by atoms with Crippen molar-refractivity contribution < 1.29 is 18.7 Å². The van der Waals surface area contributed by atoms with Crippen LogP contribution >= 0.6 is 11.3 Å². The van der Waals surface area contributed by atoms with Crippen molar-refractivity contribution in [2.24, 2.45) is 5.92 Å². The molecule has 1 aromatic heterocycles. The number of carboxylic acids is 1. The summed E-state index contributed by atoms with van der Waals surface area (Å²) in [5, 5.41) is 18.0. The van der Waals surface area contributed by atoms with Crippen LogP contribution in [-0.2, 0) is 4.79 Å². The average molecular weight is 265 g/mol. The van der Waals surface area contributed by atoms with Crippen LogP contribution in [0.4, 0.5) is 13.9 Å². The number of nitrogens with one attached hydrogen (secondary N) is 1. The fraction of sp³-hybridized carbons (Fsp3) is 0.667. The topological polar surface area (TPSA) is 75.1 Å². The van der Waals surface area contributed by atoms with E-state index in [9.17, 15) is 13.6 Å². The molecule has 0 aliphatic carbocycles. The predicted molar refractivity (Wildman–Crippen MR) is 59.4 cm³/mol. The Morgan fingerprint density at radius 1 is 1.47 bits per heavy atom. The molecule has 1 aromatic rings. The molecule has 0 radical (unpaired) electrons. The lowest BCUT2D eigenvalue weighted by atomic mass is 10.0. The smallest absolute Gasteiger partial charge is 0.326 e. The molecule has 0 amide bonds. The molecule has 0 saturated carbocycles. The van der Waals surface area contributed by atoms with Gasteiger partial charge in [-0.3, -0.25) is 0 Å². The van der Waals surface area contributed by atoms with Gasteiger partial charge >= 0.3 is 5.97 Å². The number of aliphatic carboxylic acids is 1. The van der Waals surface area contributed by atoms with Gasteiger partial charge in [-0.2, -0.15) is 0 Å². The van der Waals surface area contributed by atoms with Crippen LogP contribution in [0.2, 0.25) is 0 Å². The molecule has 0 saturated heterocycles. The number of rotatable bonds is 6. The Hall–Kier alpha value is -1.31. The third-order valence-electron chi connectivity index (χ3n) is 1.93. The third-order valence-corrected chi connectivity index (χ3v) is 2.79. The van der Waals surface area contributed by atoms with Crippen molar-refractivity contribution in [3.63, 3.8) is 0 Å². The van der Waals surface area contributed by atoms with Gasteiger partial charge in [-0.05, 0) is 12.3 Å². The van der Waals surface area contributed by atoms with Crippen molar-refractivity contribution in [1.29, 1.82) is 0 Å². The first-order valence-electron chi connectivity index (χ1n) is 5.01. The molecule has 0 aromatic carbocycles. The maximum Gasteiger partial charge on any atom is 0.326 e. The van der Waals surface area contributed by atoms with Gasteiger partial charge in [0.1, 0.15) is 6.04 Å². The van der Waals surface area contributed by atoms with E-state index >= 15 is 0 Å². The lowest BCUT2D eigenvalue weighted by molar-refractivity contribution is -0.138. The monoisotopic (exact) mass is 265 g/mol. The van der Waals surface area contributed by atoms with Gasteiger partial charge in [0, 0.05) is 0 Å². The minimum atomic E-state index is -2.68. The van der Waals surface area contributed by atoms with Crippen LogP contribution < -0.4 is 5.32 Å². The van der Waals surface area contributed by atoms with Crippen molar-refractivity contribution in [1.82, 2.24) is 10.2 Å². The Kier molecular flexibility index (Phi) is 4.73. The van der Waals surface area contributed by atoms with E-state index in [4.69, 9.17) is 5.11 Å². The number of carbonyl (C=O) groups is 1.